The van der Waals surface area contributed by atoms with E-state index in [1.165, 1.54) is 24.3 Å². The first-order valence-electron chi connectivity index (χ1n) is 15.4. The van der Waals surface area contributed by atoms with E-state index in [1.54, 1.807) is 27.0 Å². The van der Waals surface area contributed by atoms with E-state index in [-0.39, 0.29) is 31.8 Å². The van der Waals surface area contributed by atoms with Crippen molar-refractivity contribution in [1.82, 2.24) is 20.9 Å². The van der Waals surface area contributed by atoms with Crippen LogP contribution in [0.15, 0.2) is 54.7 Å². The SMILES string of the molecule is CC(C)C[C@H](NC(=O)[C@H](Cc1c[nH]c2ccccc12)NC(=O)OC(C)(C)C)C(=O)N[C@@H](CC(=O)O)C(=O)OCCc1ccc(F)cc1. The number of alkyl carbamates (subject to hydrolysis) is 1. The van der Waals surface area contributed by atoms with E-state index in [2.05, 4.69) is 20.9 Å². The predicted octanol–water partition coefficient (Wildman–Crippen LogP) is 4.02. The lowest BCUT2D eigenvalue weighted by molar-refractivity contribution is -0.152. The largest absolute Gasteiger partial charge is 0.481 e. The molecular weight excluding hydrogens is 611 g/mol. The third-order valence-electron chi connectivity index (χ3n) is 6.97. The molecule has 0 unspecified atom stereocenters. The van der Waals surface area contributed by atoms with E-state index in [1.807, 2.05) is 38.1 Å². The van der Waals surface area contributed by atoms with Crippen molar-refractivity contribution in [3.63, 3.8) is 0 Å². The smallest absolute Gasteiger partial charge is 0.408 e. The van der Waals surface area contributed by atoms with Crippen LogP contribution in [0.2, 0.25) is 0 Å². The maximum Gasteiger partial charge on any atom is 0.408 e. The number of ether oxygens (including phenoxy) is 2. The monoisotopic (exact) mass is 654 g/mol. The number of amides is 3. The highest BCUT2D eigenvalue weighted by molar-refractivity contribution is 5.94. The highest BCUT2D eigenvalue weighted by Gasteiger charge is 2.33. The maximum atomic E-state index is 13.7. The van der Waals surface area contributed by atoms with Gasteiger partial charge in [0.2, 0.25) is 11.8 Å². The van der Waals surface area contributed by atoms with E-state index >= 15 is 0 Å². The van der Waals surface area contributed by atoms with Gasteiger partial charge in [0.1, 0.15) is 29.5 Å². The Morgan fingerprint density at radius 2 is 1.53 bits per heavy atom. The van der Waals surface area contributed by atoms with Crippen LogP contribution in [-0.2, 0) is 41.5 Å². The van der Waals surface area contributed by atoms with Gasteiger partial charge in [-0.25, -0.2) is 14.0 Å². The highest BCUT2D eigenvalue weighted by Crippen LogP contribution is 2.20. The Morgan fingerprint density at radius 1 is 0.894 bits per heavy atom. The summed E-state index contributed by atoms with van der Waals surface area (Å²) >= 11 is 0. The number of fused-ring (bicyclic) bond motifs is 1. The number of halogens is 1. The van der Waals surface area contributed by atoms with Crippen molar-refractivity contribution in [1.29, 1.82) is 0 Å². The van der Waals surface area contributed by atoms with Crippen LogP contribution in [0.25, 0.3) is 10.9 Å². The van der Waals surface area contributed by atoms with Gasteiger partial charge < -0.3 is 35.5 Å². The van der Waals surface area contributed by atoms with E-state index < -0.39 is 65.8 Å². The van der Waals surface area contributed by atoms with Crippen LogP contribution < -0.4 is 16.0 Å². The molecule has 3 rings (SSSR count). The average Bonchev–Trinajstić information content (AvgIpc) is 3.38. The van der Waals surface area contributed by atoms with Crippen molar-refractivity contribution >= 4 is 40.7 Å². The standard InChI is InChI=1S/C34H43FN4O8/c1-20(2)16-26(30(42)38-28(18-29(40)41)32(44)46-15-14-21-10-12-23(35)13-11-21)37-31(43)27(39-33(45)47-34(3,4)5)17-22-19-36-25-9-7-6-8-24(22)25/h6-13,19-20,26-28,36H,14-18H2,1-5H3,(H,37,43)(H,38,42)(H,39,45)(H,40,41)/t26-,27-,28-/m0/s1. The Labute approximate surface area is 272 Å². The molecule has 0 spiro atoms. The highest BCUT2D eigenvalue weighted by atomic mass is 19.1. The zero-order chi connectivity index (χ0) is 34.7. The van der Waals surface area contributed by atoms with Gasteiger partial charge in [0.05, 0.1) is 13.0 Å². The number of H-pyrrole nitrogens is 1. The molecule has 0 aliphatic carbocycles. The molecule has 5 N–H and O–H groups in total. The lowest BCUT2D eigenvalue weighted by Gasteiger charge is -2.26. The summed E-state index contributed by atoms with van der Waals surface area (Å²) in [6.07, 6.45) is 0.600. The minimum atomic E-state index is -1.54. The molecule has 1 aromatic heterocycles. The molecule has 1 heterocycles. The Balaban J connectivity index is 1.76. The van der Waals surface area contributed by atoms with Gasteiger partial charge in [0.25, 0.3) is 0 Å². The van der Waals surface area contributed by atoms with Crippen LogP contribution in [0.5, 0.6) is 0 Å². The summed E-state index contributed by atoms with van der Waals surface area (Å²) in [6, 6.07) is 9.17. The second-order valence-electron chi connectivity index (χ2n) is 12.7. The summed E-state index contributed by atoms with van der Waals surface area (Å²) in [5.74, 6) is -4.31. The lowest BCUT2D eigenvalue weighted by atomic mass is 10.0. The van der Waals surface area contributed by atoms with E-state index in [4.69, 9.17) is 9.47 Å². The van der Waals surface area contributed by atoms with E-state index in [0.29, 0.717) is 5.56 Å². The van der Waals surface area contributed by atoms with Gasteiger partial charge in [-0.1, -0.05) is 44.2 Å². The number of para-hydroxylation sites is 1. The summed E-state index contributed by atoms with van der Waals surface area (Å²) in [4.78, 5) is 67.5. The lowest BCUT2D eigenvalue weighted by Crippen LogP contribution is -2.57. The number of hydrogen-bond donors (Lipinski definition) is 5. The molecule has 3 atom stereocenters. The molecule has 13 heteroatoms. The minimum absolute atomic E-state index is 0.0626. The number of carboxylic acids is 1. The fourth-order valence-electron chi connectivity index (χ4n) is 4.82. The molecule has 0 radical (unpaired) electrons. The first-order chi connectivity index (χ1) is 22.1. The summed E-state index contributed by atoms with van der Waals surface area (Å²) in [7, 11) is 0. The third-order valence-corrected chi connectivity index (χ3v) is 6.97. The normalized spacial score (nSPS) is 13.3. The summed E-state index contributed by atoms with van der Waals surface area (Å²) in [5, 5.41) is 18.0. The predicted molar refractivity (Wildman–Crippen MR) is 172 cm³/mol. The van der Waals surface area contributed by atoms with Gasteiger partial charge in [0, 0.05) is 29.9 Å². The Bertz CT molecular complexity index is 1550. The average molecular weight is 655 g/mol. The molecule has 0 aliphatic heterocycles. The zero-order valence-corrected chi connectivity index (χ0v) is 27.2. The number of carbonyl (C=O) groups excluding carboxylic acids is 4. The van der Waals surface area contributed by atoms with Crippen molar-refractivity contribution in [2.75, 3.05) is 6.61 Å². The molecule has 3 aromatic rings. The van der Waals surface area contributed by atoms with Crippen molar-refractivity contribution in [3.05, 3.63) is 71.7 Å². The second kappa shape index (κ2) is 16.6. The van der Waals surface area contributed by atoms with Crippen molar-refractivity contribution in [2.24, 2.45) is 5.92 Å². The molecule has 12 nitrogen and oxygen atoms in total. The van der Waals surface area contributed by atoms with Crippen LogP contribution in [0, 0.1) is 11.7 Å². The first kappa shape index (κ1) is 36.5. The first-order valence-corrected chi connectivity index (χ1v) is 15.4. The molecule has 2 aromatic carbocycles. The van der Waals surface area contributed by atoms with E-state index in [0.717, 1.165) is 16.5 Å². The maximum absolute atomic E-state index is 13.7. The summed E-state index contributed by atoms with van der Waals surface area (Å²) in [6.45, 7) is 8.58. The fourth-order valence-corrected chi connectivity index (χ4v) is 4.82. The van der Waals surface area contributed by atoms with Crippen LogP contribution in [0.3, 0.4) is 0 Å². The van der Waals surface area contributed by atoms with Crippen LogP contribution >= 0.6 is 0 Å². The molecular formula is C34H43FN4O8. The number of hydrogen-bond acceptors (Lipinski definition) is 7. The van der Waals surface area contributed by atoms with Gasteiger partial charge >= 0.3 is 18.0 Å². The number of aromatic nitrogens is 1. The number of carbonyl (C=O) groups is 5. The number of aliphatic carboxylic acids is 1. The number of esters is 1. The number of benzene rings is 2. The topological polar surface area (TPSA) is 176 Å². The van der Waals surface area contributed by atoms with Crippen LogP contribution in [-0.4, -0.2) is 70.3 Å². The molecule has 0 bridgehead atoms. The zero-order valence-electron chi connectivity index (χ0n) is 27.2. The number of rotatable bonds is 15. The third kappa shape index (κ3) is 12.1. The van der Waals surface area contributed by atoms with Crippen LogP contribution in [0.1, 0.15) is 58.6 Å². The number of carboxylic acid groups (broad SMARTS) is 1. The summed E-state index contributed by atoms with van der Waals surface area (Å²) < 4.78 is 23.8. The Morgan fingerprint density at radius 3 is 2.17 bits per heavy atom. The molecule has 47 heavy (non-hydrogen) atoms. The Kier molecular flexibility index (Phi) is 12.9. The van der Waals surface area contributed by atoms with Crippen LogP contribution in [0.4, 0.5) is 9.18 Å². The number of nitrogens with one attached hydrogen (secondary N) is 4. The number of aromatic amines is 1. The fraction of sp³-hybridized carbons (Fsp3) is 0.441. The minimum Gasteiger partial charge on any atom is -0.481 e. The molecule has 0 aliphatic rings. The van der Waals surface area contributed by atoms with Gasteiger partial charge in [-0.3, -0.25) is 14.4 Å². The molecule has 0 saturated heterocycles. The molecule has 0 saturated carbocycles. The van der Waals surface area contributed by atoms with Gasteiger partial charge in [-0.15, -0.1) is 0 Å². The van der Waals surface area contributed by atoms with Gasteiger partial charge in [0.15, 0.2) is 0 Å². The molecule has 254 valence electrons. The van der Waals surface area contributed by atoms with Gasteiger partial charge in [-0.05, 0) is 62.4 Å². The van der Waals surface area contributed by atoms with Crippen molar-refractivity contribution in [3.8, 4) is 0 Å². The molecule has 0 fully saturated rings. The Hall–Kier alpha value is -4.94. The molecule has 3 amide bonds. The van der Waals surface area contributed by atoms with Crippen molar-refractivity contribution in [2.45, 2.75) is 84.0 Å². The van der Waals surface area contributed by atoms with E-state index in [9.17, 15) is 33.5 Å². The second-order valence-corrected chi connectivity index (χ2v) is 12.7. The quantitative estimate of drug-likeness (QED) is 0.153. The summed E-state index contributed by atoms with van der Waals surface area (Å²) in [5.41, 5.74) is 1.44. The van der Waals surface area contributed by atoms with Gasteiger partial charge in [-0.2, -0.15) is 0 Å². The van der Waals surface area contributed by atoms with Crippen molar-refractivity contribution < 1.29 is 42.9 Å².